The minimum absolute atomic E-state index is 0.0180. The van der Waals surface area contributed by atoms with Gasteiger partial charge in [-0.1, -0.05) is 48.9 Å². The number of anilines is 1. The number of pyridine rings is 1. The highest BCUT2D eigenvalue weighted by Gasteiger charge is 2.46. The molecule has 0 aliphatic heterocycles. The number of nitrogens with one attached hydrogen (secondary N) is 2. The highest BCUT2D eigenvalue weighted by molar-refractivity contribution is 5.88. The summed E-state index contributed by atoms with van der Waals surface area (Å²) in [5.74, 6) is 0.652. The number of amides is 2. The normalized spacial score (nSPS) is 20.7. The van der Waals surface area contributed by atoms with Gasteiger partial charge in [-0.3, -0.25) is 5.32 Å². The summed E-state index contributed by atoms with van der Waals surface area (Å²) in [5, 5.41) is 10.7. The minimum Gasteiger partial charge on any atom is -0.331 e. The number of hydrogen-bond donors (Lipinski definition) is 2. The zero-order valence-electron chi connectivity index (χ0n) is 21.3. The molecule has 1 fully saturated rings. The fraction of sp³-hybridized carbons (Fsp3) is 0.258. The van der Waals surface area contributed by atoms with Crippen molar-refractivity contribution in [1.29, 1.82) is 0 Å². The highest BCUT2D eigenvalue weighted by Crippen LogP contribution is 2.55. The molecular formula is C31H30FN5O. The number of fused-ring (bicyclic) bond motifs is 2. The summed E-state index contributed by atoms with van der Waals surface area (Å²) in [6.45, 7) is 2.35. The van der Waals surface area contributed by atoms with Crippen LogP contribution >= 0.6 is 0 Å². The first-order valence-corrected chi connectivity index (χ1v) is 13.1. The maximum atomic E-state index is 13.5. The summed E-state index contributed by atoms with van der Waals surface area (Å²) in [5.41, 5.74) is 5.63. The molecular weight excluding hydrogens is 477 g/mol. The van der Waals surface area contributed by atoms with Crippen molar-refractivity contribution in [3.63, 3.8) is 0 Å². The van der Waals surface area contributed by atoms with Crippen LogP contribution in [-0.2, 0) is 6.42 Å². The third-order valence-electron chi connectivity index (χ3n) is 8.16. The van der Waals surface area contributed by atoms with E-state index in [-0.39, 0.29) is 23.3 Å². The zero-order chi connectivity index (χ0) is 26.1. The average Bonchev–Trinajstić information content (AvgIpc) is 3.48. The molecule has 38 heavy (non-hydrogen) atoms. The number of halogens is 1. The smallest absolute Gasteiger partial charge is 0.320 e. The molecule has 0 bridgehead atoms. The SMILES string of the molecule is C[C@]12Cc3cnn(-c4ccc(F)cc4)c3C=C1CC[C@@H]2CC(NC(=O)Nc1ccccn1)c1ccccc1. The van der Waals surface area contributed by atoms with Gasteiger partial charge < -0.3 is 5.32 Å². The fourth-order valence-electron chi connectivity index (χ4n) is 6.10. The number of nitrogens with zero attached hydrogens (tertiary/aromatic N) is 3. The Balaban J connectivity index is 1.24. The van der Waals surface area contributed by atoms with Gasteiger partial charge >= 0.3 is 6.03 Å². The lowest BCUT2D eigenvalue weighted by atomic mass is 9.68. The third-order valence-corrected chi connectivity index (χ3v) is 8.16. The highest BCUT2D eigenvalue weighted by atomic mass is 19.1. The number of carbonyl (C=O) groups excluding carboxylic acids is 1. The predicted octanol–water partition coefficient (Wildman–Crippen LogP) is 6.72. The number of hydrogen-bond acceptors (Lipinski definition) is 3. The molecule has 1 unspecified atom stereocenters. The quantitative estimate of drug-likeness (QED) is 0.304. The molecule has 2 aromatic carbocycles. The van der Waals surface area contributed by atoms with Crippen molar-refractivity contribution < 1.29 is 9.18 Å². The van der Waals surface area contributed by atoms with Crippen molar-refractivity contribution in [2.75, 3.05) is 5.32 Å². The van der Waals surface area contributed by atoms with E-state index in [1.54, 1.807) is 24.4 Å². The van der Waals surface area contributed by atoms with Crippen molar-refractivity contribution in [2.24, 2.45) is 11.3 Å². The van der Waals surface area contributed by atoms with E-state index < -0.39 is 0 Å². The Hall–Kier alpha value is -4.26. The first kappa shape index (κ1) is 24.1. The molecule has 2 aliphatic carbocycles. The molecule has 2 N–H and O–H groups in total. The number of urea groups is 1. The summed E-state index contributed by atoms with van der Waals surface area (Å²) in [6, 6.07) is 21.7. The molecule has 2 heterocycles. The van der Waals surface area contributed by atoms with Gasteiger partial charge in [0, 0.05) is 6.20 Å². The van der Waals surface area contributed by atoms with E-state index in [2.05, 4.69) is 45.8 Å². The molecule has 3 atom stereocenters. The molecule has 0 spiro atoms. The summed E-state index contributed by atoms with van der Waals surface area (Å²) in [6.07, 6.45) is 9.68. The van der Waals surface area contributed by atoms with E-state index in [4.69, 9.17) is 0 Å². The Morgan fingerprint density at radius 1 is 1.11 bits per heavy atom. The van der Waals surface area contributed by atoms with Crippen LogP contribution in [0, 0.1) is 17.2 Å². The lowest BCUT2D eigenvalue weighted by molar-refractivity contribution is 0.222. The van der Waals surface area contributed by atoms with Gasteiger partial charge in [-0.2, -0.15) is 5.10 Å². The van der Waals surface area contributed by atoms with Crippen LogP contribution in [-0.4, -0.2) is 20.8 Å². The van der Waals surface area contributed by atoms with Crippen LogP contribution in [0.4, 0.5) is 15.0 Å². The van der Waals surface area contributed by atoms with Gasteiger partial charge in [0.2, 0.25) is 0 Å². The Kier molecular flexibility index (Phi) is 6.27. The Morgan fingerprint density at radius 2 is 1.89 bits per heavy atom. The van der Waals surface area contributed by atoms with Crippen LogP contribution in [0.5, 0.6) is 0 Å². The molecule has 6 rings (SSSR count). The second kappa shape index (κ2) is 9.89. The fourth-order valence-corrected chi connectivity index (χ4v) is 6.10. The zero-order valence-corrected chi connectivity index (χ0v) is 21.3. The number of benzene rings is 2. The van der Waals surface area contributed by atoms with E-state index in [1.165, 1.54) is 23.3 Å². The van der Waals surface area contributed by atoms with E-state index in [0.717, 1.165) is 42.6 Å². The average molecular weight is 508 g/mol. The van der Waals surface area contributed by atoms with Gasteiger partial charge in [-0.15, -0.1) is 0 Å². The first-order chi connectivity index (χ1) is 18.5. The van der Waals surface area contributed by atoms with E-state index in [1.807, 2.05) is 41.2 Å². The molecule has 2 amide bonds. The molecule has 2 aromatic heterocycles. The van der Waals surface area contributed by atoms with Crippen molar-refractivity contribution in [3.05, 3.63) is 113 Å². The van der Waals surface area contributed by atoms with Crippen LogP contribution in [0.3, 0.4) is 0 Å². The molecule has 0 saturated heterocycles. The van der Waals surface area contributed by atoms with Gasteiger partial charge in [0.25, 0.3) is 0 Å². The summed E-state index contributed by atoms with van der Waals surface area (Å²) in [7, 11) is 0. The van der Waals surface area contributed by atoms with Crippen LogP contribution in [0.15, 0.2) is 90.8 Å². The molecule has 4 aromatic rings. The second-order valence-corrected chi connectivity index (χ2v) is 10.5. The molecule has 7 heteroatoms. The van der Waals surface area contributed by atoms with Crippen molar-refractivity contribution in [2.45, 2.75) is 38.6 Å². The molecule has 1 saturated carbocycles. The van der Waals surface area contributed by atoms with Gasteiger partial charge in [-0.25, -0.2) is 18.9 Å². The van der Waals surface area contributed by atoms with Crippen molar-refractivity contribution in [3.8, 4) is 5.69 Å². The monoisotopic (exact) mass is 507 g/mol. The van der Waals surface area contributed by atoms with Crippen LogP contribution in [0.25, 0.3) is 11.8 Å². The maximum absolute atomic E-state index is 13.5. The van der Waals surface area contributed by atoms with Crippen LogP contribution in [0.2, 0.25) is 0 Å². The minimum atomic E-state index is -0.261. The van der Waals surface area contributed by atoms with Crippen molar-refractivity contribution >= 4 is 17.9 Å². The standard InChI is InChI=1S/C31H30FN5O/c1-31-19-22-20-34-37(26-14-12-25(32)13-15-26)28(22)18-24(31)11-10-23(31)17-27(21-7-3-2-4-8-21)35-30(38)36-29-9-5-6-16-33-29/h2-9,12-16,18,20,23,27H,10-11,17,19H2,1H3,(H2,33,35,36,38)/t23-,27?,31-/m1/s1. The number of allylic oxidation sites excluding steroid dienone is 1. The Bertz CT molecular complexity index is 1470. The van der Waals surface area contributed by atoms with E-state index in [9.17, 15) is 9.18 Å². The second-order valence-electron chi connectivity index (χ2n) is 10.5. The summed E-state index contributed by atoms with van der Waals surface area (Å²) >= 11 is 0. The lowest BCUT2D eigenvalue weighted by Crippen LogP contribution is -2.36. The largest absolute Gasteiger partial charge is 0.331 e. The Labute approximate surface area is 221 Å². The molecule has 0 radical (unpaired) electrons. The van der Waals surface area contributed by atoms with Crippen LogP contribution < -0.4 is 10.6 Å². The Morgan fingerprint density at radius 3 is 2.66 bits per heavy atom. The first-order valence-electron chi connectivity index (χ1n) is 13.1. The number of carbonyl (C=O) groups is 1. The van der Waals surface area contributed by atoms with E-state index >= 15 is 0 Å². The van der Waals surface area contributed by atoms with Crippen molar-refractivity contribution in [1.82, 2.24) is 20.1 Å². The van der Waals surface area contributed by atoms with Gasteiger partial charge in [0.1, 0.15) is 11.6 Å². The van der Waals surface area contributed by atoms with E-state index in [0.29, 0.717) is 11.7 Å². The lowest BCUT2D eigenvalue weighted by Gasteiger charge is -2.37. The topological polar surface area (TPSA) is 71.8 Å². The number of rotatable bonds is 6. The third kappa shape index (κ3) is 4.60. The van der Waals surface area contributed by atoms with Crippen LogP contribution in [0.1, 0.15) is 49.0 Å². The van der Waals surface area contributed by atoms with Gasteiger partial charge in [0.05, 0.1) is 23.6 Å². The van der Waals surface area contributed by atoms with Gasteiger partial charge in [0.15, 0.2) is 0 Å². The maximum Gasteiger partial charge on any atom is 0.320 e. The molecule has 6 nitrogen and oxygen atoms in total. The number of aromatic nitrogens is 3. The van der Waals surface area contributed by atoms with Gasteiger partial charge in [-0.05, 0) is 90.6 Å². The molecule has 192 valence electrons. The molecule has 2 aliphatic rings. The summed E-state index contributed by atoms with van der Waals surface area (Å²) in [4.78, 5) is 17.2. The predicted molar refractivity (Wildman–Crippen MR) is 146 cm³/mol. The summed E-state index contributed by atoms with van der Waals surface area (Å²) < 4.78 is 15.4.